The van der Waals surface area contributed by atoms with Crippen molar-refractivity contribution in [2.45, 2.75) is 12.7 Å². The maximum atomic E-state index is 11.8. The summed E-state index contributed by atoms with van der Waals surface area (Å²) in [7, 11) is 0. The van der Waals surface area contributed by atoms with Gasteiger partial charge in [0.15, 0.2) is 0 Å². The van der Waals surface area contributed by atoms with Crippen molar-refractivity contribution in [1.82, 2.24) is 0 Å². The summed E-state index contributed by atoms with van der Waals surface area (Å²) >= 11 is 9.01. The Balaban J connectivity index is 1.77. The Labute approximate surface area is 126 Å². The Morgan fingerprint density at radius 3 is 2.79 bits per heavy atom. The molecule has 0 spiro atoms. The average Bonchev–Trinajstić information content (AvgIpc) is 2.78. The molecular formula is C14H14ClNOS2. The molecule has 1 N–H and O–H groups in total. The first kappa shape index (κ1) is 14.4. The second-order valence-electron chi connectivity index (χ2n) is 4.06. The lowest BCUT2D eigenvalue weighted by atomic mass is 10.2. The van der Waals surface area contributed by atoms with Gasteiger partial charge in [0.25, 0.3) is 0 Å². The van der Waals surface area contributed by atoms with E-state index in [1.807, 2.05) is 43.3 Å². The van der Waals surface area contributed by atoms with Gasteiger partial charge in [0.2, 0.25) is 5.91 Å². The number of carbonyl (C=O) groups excluding carboxylic acids is 1. The molecular weight excluding hydrogens is 298 g/mol. The van der Waals surface area contributed by atoms with Gasteiger partial charge in [-0.15, -0.1) is 23.1 Å². The Bertz CT molecular complexity index is 568. The van der Waals surface area contributed by atoms with Crippen molar-refractivity contribution < 1.29 is 4.79 Å². The summed E-state index contributed by atoms with van der Waals surface area (Å²) in [6, 6.07) is 11.7. The molecule has 2 rings (SSSR count). The highest BCUT2D eigenvalue weighted by Gasteiger charge is 2.05. The van der Waals surface area contributed by atoms with Crippen LogP contribution < -0.4 is 5.32 Å². The van der Waals surface area contributed by atoms with Gasteiger partial charge in [-0.25, -0.2) is 0 Å². The van der Waals surface area contributed by atoms with Crippen molar-refractivity contribution >= 4 is 46.3 Å². The first-order valence-electron chi connectivity index (χ1n) is 5.82. The fourth-order valence-electron chi connectivity index (χ4n) is 1.57. The van der Waals surface area contributed by atoms with Crippen LogP contribution in [0.2, 0.25) is 4.34 Å². The number of aryl methyl sites for hydroxylation is 1. The number of rotatable bonds is 5. The molecule has 0 atom stereocenters. The minimum Gasteiger partial charge on any atom is -0.325 e. The van der Waals surface area contributed by atoms with Crippen molar-refractivity contribution in [3.05, 3.63) is 51.2 Å². The Morgan fingerprint density at radius 1 is 1.32 bits per heavy atom. The predicted octanol–water partition coefficient (Wildman–Crippen LogP) is 4.58. The van der Waals surface area contributed by atoms with Crippen LogP contribution in [-0.2, 0) is 10.5 Å². The average molecular weight is 312 g/mol. The number of hydrogen-bond donors (Lipinski definition) is 1. The van der Waals surface area contributed by atoms with Gasteiger partial charge in [-0.3, -0.25) is 4.79 Å². The van der Waals surface area contributed by atoms with Crippen molar-refractivity contribution in [1.29, 1.82) is 0 Å². The monoisotopic (exact) mass is 311 g/mol. The molecule has 0 aliphatic rings. The quantitative estimate of drug-likeness (QED) is 0.875. The zero-order valence-corrected chi connectivity index (χ0v) is 12.9. The van der Waals surface area contributed by atoms with Gasteiger partial charge in [0, 0.05) is 16.3 Å². The number of halogens is 1. The number of amides is 1. The van der Waals surface area contributed by atoms with Gasteiger partial charge in [0.05, 0.1) is 10.1 Å². The van der Waals surface area contributed by atoms with Crippen LogP contribution in [-0.4, -0.2) is 11.7 Å². The summed E-state index contributed by atoms with van der Waals surface area (Å²) in [6.45, 7) is 1.98. The third-order valence-corrected chi connectivity index (χ3v) is 4.92. The predicted molar refractivity (Wildman–Crippen MR) is 85.3 cm³/mol. The standard InChI is InChI=1S/C14H14ClNOS2/c1-10-4-2-3-5-12(10)16-14(17)9-18-8-11-6-7-13(15)19-11/h2-7H,8-9H2,1H3,(H,16,17). The first-order valence-corrected chi connectivity index (χ1v) is 8.17. The number of thiophene rings is 1. The molecule has 19 heavy (non-hydrogen) atoms. The van der Waals surface area contributed by atoms with Crippen molar-refractivity contribution in [2.24, 2.45) is 0 Å². The fourth-order valence-corrected chi connectivity index (χ4v) is 3.60. The SMILES string of the molecule is Cc1ccccc1NC(=O)CSCc1ccc(Cl)s1. The molecule has 1 aromatic heterocycles. The summed E-state index contributed by atoms with van der Waals surface area (Å²) in [5.74, 6) is 1.30. The van der Waals surface area contributed by atoms with Gasteiger partial charge in [0.1, 0.15) is 0 Å². The molecule has 1 amide bonds. The minimum absolute atomic E-state index is 0.0296. The van der Waals surface area contributed by atoms with E-state index in [1.54, 1.807) is 23.1 Å². The van der Waals surface area contributed by atoms with Crippen LogP contribution in [0.3, 0.4) is 0 Å². The van der Waals surface area contributed by atoms with Crippen LogP contribution in [0.4, 0.5) is 5.69 Å². The number of carbonyl (C=O) groups is 1. The summed E-state index contributed by atoms with van der Waals surface area (Å²) in [5.41, 5.74) is 1.96. The topological polar surface area (TPSA) is 29.1 Å². The van der Waals surface area contributed by atoms with Gasteiger partial charge in [-0.05, 0) is 30.7 Å². The second-order valence-corrected chi connectivity index (χ2v) is 6.85. The van der Waals surface area contributed by atoms with E-state index in [-0.39, 0.29) is 5.91 Å². The number of anilines is 1. The molecule has 1 heterocycles. The number of hydrogen-bond acceptors (Lipinski definition) is 3. The Morgan fingerprint density at radius 2 is 2.11 bits per heavy atom. The molecule has 5 heteroatoms. The lowest BCUT2D eigenvalue weighted by molar-refractivity contribution is -0.113. The smallest absolute Gasteiger partial charge is 0.234 e. The molecule has 0 saturated carbocycles. The van der Waals surface area contributed by atoms with Crippen LogP contribution in [0.25, 0.3) is 0 Å². The zero-order chi connectivity index (χ0) is 13.7. The number of benzene rings is 1. The molecule has 0 bridgehead atoms. The Hall–Kier alpha value is -0.970. The molecule has 0 aliphatic heterocycles. The normalized spacial score (nSPS) is 10.4. The van der Waals surface area contributed by atoms with E-state index in [0.717, 1.165) is 21.3 Å². The fraction of sp³-hybridized carbons (Fsp3) is 0.214. The largest absolute Gasteiger partial charge is 0.325 e. The molecule has 0 unspecified atom stereocenters. The maximum Gasteiger partial charge on any atom is 0.234 e. The second kappa shape index (κ2) is 6.98. The van der Waals surface area contributed by atoms with E-state index in [1.165, 1.54) is 4.88 Å². The van der Waals surface area contributed by atoms with Crippen LogP contribution in [0, 0.1) is 6.92 Å². The number of thioether (sulfide) groups is 1. The zero-order valence-electron chi connectivity index (χ0n) is 10.5. The van der Waals surface area contributed by atoms with Crippen LogP contribution in [0.5, 0.6) is 0 Å². The Kier molecular flexibility index (Phi) is 5.31. The molecule has 0 aliphatic carbocycles. The van der Waals surface area contributed by atoms with Gasteiger partial charge in [-0.1, -0.05) is 29.8 Å². The molecule has 100 valence electrons. The van der Waals surface area contributed by atoms with E-state index < -0.39 is 0 Å². The molecule has 2 nitrogen and oxygen atoms in total. The summed E-state index contributed by atoms with van der Waals surface area (Å²) in [5, 5.41) is 2.92. The van der Waals surface area contributed by atoms with Crippen molar-refractivity contribution in [3.63, 3.8) is 0 Å². The van der Waals surface area contributed by atoms with Crippen molar-refractivity contribution in [3.8, 4) is 0 Å². The third kappa shape index (κ3) is 4.56. The summed E-state index contributed by atoms with van der Waals surface area (Å²) in [6.07, 6.45) is 0. The summed E-state index contributed by atoms with van der Waals surface area (Å²) < 4.78 is 0.792. The highest BCUT2D eigenvalue weighted by Crippen LogP contribution is 2.25. The van der Waals surface area contributed by atoms with Gasteiger partial charge < -0.3 is 5.32 Å². The van der Waals surface area contributed by atoms with E-state index in [4.69, 9.17) is 11.6 Å². The molecule has 0 fully saturated rings. The molecule has 1 aromatic carbocycles. The maximum absolute atomic E-state index is 11.8. The van der Waals surface area contributed by atoms with Gasteiger partial charge >= 0.3 is 0 Å². The lowest BCUT2D eigenvalue weighted by Crippen LogP contribution is -2.14. The number of nitrogens with one attached hydrogen (secondary N) is 1. The van der Waals surface area contributed by atoms with E-state index >= 15 is 0 Å². The van der Waals surface area contributed by atoms with E-state index in [0.29, 0.717) is 5.75 Å². The van der Waals surface area contributed by atoms with Crippen molar-refractivity contribution in [2.75, 3.05) is 11.1 Å². The van der Waals surface area contributed by atoms with Crippen LogP contribution in [0.1, 0.15) is 10.4 Å². The minimum atomic E-state index is 0.0296. The summed E-state index contributed by atoms with van der Waals surface area (Å²) in [4.78, 5) is 13.0. The van der Waals surface area contributed by atoms with E-state index in [9.17, 15) is 4.79 Å². The highest BCUT2D eigenvalue weighted by molar-refractivity contribution is 7.99. The van der Waals surface area contributed by atoms with E-state index in [2.05, 4.69) is 5.32 Å². The van der Waals surface area contributed by atoms with Crippen LogP contribution in [0.15, 0.2) is 36.4 Å². The molecule has 0 radical (unpaired) electrons. The third-order valence-electron chi connectivity index (χ3n) is 2.53. The van der Waals surface area contributed by atoms with Crippen LogP contribution >= 0.6 is 34.7 Å². The molecule has 0 saturated heterocycles. The van der Waals surface area contributed by atoms with Gasteiger partial charge in [-0.2, -0.15) is 0 Å². The first-order chi connectivity index (χ1) is 9.15. The highest BCUT2D eigenvalue weighted by atomic mass is 35.5. The number of para-hydroxylation sites is 1. The molecule has 2 aromatic rings. The lowest BCUT2D eigenvalue weighted by Gasteiger charge is -2.07.